The van der Waals surface area contributed by atoms with Gasteiger partial charge in [0.25, 0.3) is 0 Å². The standard InChI is InChI=1S/C15H10N4S2/c20-14-16-13(17-15(21)18-14)19-11-7-3-1-5-9(11)10-6-2-4-8-12(10)19/h1-8H,(H2,16,17,18,20,21). The van der Waals surface area contributed by atoms with Crippen LogP contribution in [0.1, 0.15) is 0 Å². The Morgan fingerprint density at radius 1 is 0.810 bits per heavy atom. The van der Waals surface area contributed by atoms with Crippen LogP contribution in [0, 0.1) is 9.54 Å². The summed E-state index contributed by atoms with van der Waals surface area (Å²) in [5.41, 5.74) is 2.13. The monoisotopic (exact) mass is 310 g/mol. The fourth-order valence-corrected chi connectivity index (χ4v) is 3.08. The van der Waals surface area contributed by atoms with Gasteiger partial charge in [-0.1, -0.05) is 36.4 Å². The zero-order valence-electron chi connectivity index (χ0n) is 10.8. The summed E-state index contributed by atoms with van der Waals surface area (Å²) in [7, 11) is 0. The number of H-pyrrole nitrogens is 2. The van der Waals surface area contributed by atoms with Crippen LogP contribution in [0.4, 0.5) is 0 Å². The minimum absolute atomic E-state index is 0.371. The Bertz CT molecular complexity index is 1010. The Labute approximate surface area is 130 Å². The number of hydrogen-bond donors (Lipinski definition) is 2. The molecule has 4 rings (SSSR count). The zero-order valence-corrected chi connectivity index (χ0v) is 12.5. The van der Waals surface area contributed by atoms with Gasteiger partial charge >= 0.3 is 0 Å². The molecule has 0 saturated heterocycles. The van der Waals surface area contributed by atoms with Crippen LogP contribution in [0.25, 0.3) is 27.8 Å². The first-order valence-electron chi connectivity index (χ1n) is 6.43. The molecule has 0 aliphatic carbocycles. The first-order valence-corrected chi connectivity index (χ1v) is 7.25. The zero-order chi connectivity index (χ0) is 14.4. The molecule has 21 heavy (non-hydrogen) atoms. The van der Waals surface area contributed by atoms with Crippen molar-refractivity contribution in [1.82, 2.24) is 19.5 Å². The van der Waals surface area contributed by atoms with E-state index in [9.17, 15) is 0 Å². The highest BCUT2D eigenvalue weighted by Gasteiger charge is 2.12. The van der Waals surface area contributed by atoms with E-state index in [0.717, 1.165) is 11.0 Å². The van der Waals surface area contributed by atoms with Crippen molar-refractivity contribution < 1.29 is 0 Å². The van der Waals surface area contributed by atoms with Crippen molar-refractivity contribution in [2.24, 2.45) is 0 Å². The van der Waals surface area contributed by atoms with Crippen LogP contribution in [0.15, 0.2) is 48.5 Å². The normalized spacial score (nSPS) is 11.2. The van der Waals surface area contributed by atoms with Crippen molar-refractivity contribution in [2.45, 2.75) is 0 Å². The number of para-hydroxylation sites is 2. The van der Waals surface area contributed by atoms with Gasteiger partial charge in [-0.05, 0) is 36.6 Å². The van der Waals surface area contributed by atoms with E-state index >= 15 is 0 Å². The molecule has 102 valence electrons. The number of fused-ring (bicyclic) bond motifs is 3. The third-order valence-corrected chi connectivity index (χ3v) is 3.84. The number of benzene rings is 2. The molecule has 2 aromatic carbocycles. The lowest BCUT2D eigenvalue weighted by atomic mass is 10.2. The molecule has 2 N–H and O–H groups in total. The van der Waals surface area contributed by atoms with Crippen molar-refractivity contribution in [3.05, 3.63) is 58.1 Å². The number of aromatic nitrogens is 4. The smallest absolute Gasteiger partial charge is 0.216 e. The van der Waals surface area contributed by atoms with Gasteiger partial charge in [0.15, 0.2) is 4.77 Å². The maximum Gasteiger partial charge on any atom is 0.216 e. The second kappa shape index (κ2) is 4.61. The van der Waals surface area contributed by atoms with E-state index in [0.29, 0.717) is 15.5 Å². The predicted octanol–water partition coefficient (Wildman–Crippen LogP) is 4.29. The highest BCUT2D eigenvalue weighted by atomic mass is 32.1. The molecule has 0 aliphatic heterocycles. The van der Waals surface area contributed by atoms with Gasteiger partial charge in [0.2, 0.25) is 10.7 Å². The van der Waals surface area contributed by atoms with Crippen LogP contribution in [-0.2, 0) is 0 Å². The van der Waals surface area contributed by atoms with Gasteiger partial charge in [0, 0.05) is 10.8 Å². The second-order valence-electron chi connectivity index (χ2n) is 4.69. The summed E-state index contributed by atoms with van der Waals surface area (Å²) in [6.45, 7) is 0. The Hall–Kier alpha value is -2.31. The SMILES string of the molecule is S=c1nc(-n2c3ccccc3c3ccccc32)[nH]c(=S)[nH]1. The number of aromatic amines is 2. The van der Waals surface area contributed by atoms with E-state index in [4.69, 9.17) is 24.4 Å². The van der Waals surface area contributed by atoms with Gasteiger partial charge in [0.1, 0.15) is 0 Å². The summed E-state index contributed by atoms with van der Waals surface area (Å²) in [5, 5.41) is 2.35. The van der Waals surface area contributed by atoms with Crippen LogP contribution in [0.2, 0.25) is 0 Å². The van der Waals surface area contributed by atoms with Gasteiger partial charge in [-0.2, -0.15) is 4.98 Å². The topological polar surface area (TPSA) is 49.4 Å². The van der Waals surface area contributed by atoms with E-state index in [2.05, 4.69) is 39.2 Å². The fourth-order valence-electron chi connectivity index (χ4n) is 2.64. The Morgan fingerprint density at radius 3 is 1.95 bits per heavy atom. The third kappa shape index (κ3) is 1.91. The highest BCUT2D eigenvalue weighted by molar-refractivity contribution is 7.71. The van der Waals surface area contributed by atoms with Crippen LogP contribution in [-0.4, -0.2) is 19.5 Å². The number of rotatable bonds is 1. The van der Waals surface area contributed by atoms with Crippen LogP contribution >= 0.6 is 24.4 Å². The second-order valence-corrected chi connectivity index (χ2v) is 5.48. The fraction of sp³-hybridized carbons (Fsp3) is 0. The minimum Gasteiger partial charge on any atom is -0.308 e. The molecule has 0 radical (unpaired) electrons. The van der Waals surface area contributed by atoms with Crippen LogP contribution in [0.5, 0.6) is 0 Å². The Kier molecular flexibility index (Phi) is 2.73. The van der Waals surface area contributed by atoms with Crippen molar-refractivity contribution >= 4 is 46.2 Å². The lowest BCUT2D eigenvalue weighted by Crippen LogP contribution is -2.02. The molecule has 4 nitrogen and oxygen atoms in total. The molecule has 0 saturated carbocycles. The molecule has 4 aromatic rings. The molecule has 0 unspecified atom stereocenters. The quantitative estimate of drug-likeness (QED) is 0.516. The van der Waals surface area contributed by atoms with E-state index < -0.39 is 0 Å². The summed E-state index contributed by atoms with van der Waals surface area (Å²) < 4.78 is 2.88. The van der Waals surface area contributed by atoms with Crippen molar-refractivity contribution in [3.63, 3.8) is 0 Å². The van der Waals surface area contributed by atoms with Crippen LogP contribution < -0.4 is 0 Å². The molecule has 6 heteroatoms. The molecular formula is C15H10N4S2. The summed E-state index contributed by atoms with van der Waals surface area (Å²) in [6.07, 6.45) is 0. The van der Waals surface area contributed by atoms with Gasteiger partial charge in [-0.3, -0.25) is 4.57 Å². The van der Waals surface area contributed by atoms with Crippen molar-refractivity contribution in [3.8, 4) is 5.95 Å². The maximum atomic E-state index is 5.18. The highest BCUT2D eigenvalue weighted by Crippen LogP contribution is 2.30. The summed E-state index contributed by atoms with van der Waals surface area (Å²) in [5.74, 6) is 0.626. The molecule has 0 fully saturated rings. The summed E-state index contributed by atoms with van der Waals surface area (Å²) >= 11 is 10.3. The number of nitrogens with zero attached hydrogens (tertiary/aromatic N) is 2. The van der Waals surface area contributed by atoms with Gasteiger partial charge < -0.3 is 9.97 Å². The summed E-state index contributed by atoms with van der Waals surface area (Å²) in [4.78, 5) is 10.3. The molecule has 2 aromatic heterocycles. The summed E-state index contributed by atoms with van der Waals surface area (Å²) in [6, 6.07) is 16.4. The first kappa shape index (κ1) is 12.4. The third-order valence-electron chi connectivity index (χ3n) is 3.45. The van der Waals surface area contributed by atoms with E-state index in [1.807, 2.05) is 28.8 Å². The van der Waals surface area contributed by atoms with Gasteiger partial charge in [0.05, 0.1) is 11.0 Å². The average molecular weight is 310 g/mol. The first-order chi connectivity index (χ1) is 10.2. The average Bonchev–Trinajstić information content (AvgIpc) is 2.81. The van der Waals surface area contributed by atoms with E-state index in [1.165, 1.54) is 10.8 Å². The minimum atomic E-state index is 0.371. The molecule has 0 bridgehead atoms. The van der Waals surface area contributed by atoms with Crippen molar-refractivity contribution in [2.75, 3.05) is 0 Å². The predicted molar refractivity (Wildman–Crippen MR) is 88.9 cm³/mol. The van der Waals surface area contributed by atoms with Gasteiger partial charge in [-0.25, -0.2) is 0 Å². The molecule has 0 spiro atoms. The number of nitrogens with one attached hydrogen (secondary N) is 2. The molecule has 0 aliphatic rings. The molecule has 0 atom stereocenters. The van der Waals surface area contributed by atoms with E-state index in [1.54, 1.807) is 0 Å². The van der Waals surface area contributed by atoms with E-state index in [-0.39, 0.29) is 0 Å². The Morgan fingerprint density at radius 2 is 1.38 bits per heavy atom. The molecule has 0 amide bonds. The maximum absolute atomic E-state index is 5.18. The number of hydrogen-bond acceptors (Lipinski definition) is 3. The largest absolute Gasteiger partial charge is 0.308 e. The molecule has 2 heterocycles. The molecular weight excluding hydrogens is 300 g/mol. The lowest BCUT2D eigenvalue weighted by molar-refractivity contribution is 0.914. The Balaban J connectivity index is 2.25. The van der Waals surface area contributed by atoms with Crippen molar-refractivity contribution in [1.29, 1.82) is 0 Å². The lowest BCUT2D eigenvalue weighted by Gasteiger charge is -2.05. The van der Waals surface area contributed by atoms with Crippen LogP contribution in [0.3, 0.4) is 0 Å². The van der Waals surface area contributed by atoms with Gasteiger partial charge in [-0.15, -0.1) is 0 Å².